The van der Waals surface area contributed by atoms with Crippen molar-refractivity contribution in [2.45, 2.75) is 33.2 Å². The fourth-order valence-electron chi connectivity index (χ4n) is 4.67. The first-order valence-corrected chi connectivity index (χ1v) is 12.8. The summed E-state index contributed by atoms with van der Waals surface area (Å²) in [6, 6.07) is 10.1. The van der Waals surface area contributed by atoms with Crippen molar-refractivity contribution in [3.8, 4) is 11.5 Å². The highest BCUT2D eigenvalue weighted by Gasteiger charge is 2.46. The van der Waals surface area contributed by atoms with Gasteiger partial charge >= 0.3 is 0 Å². The normalized spacial score (nSPS) is 17.3. The Morgan fingerprint density at radius 2 is 1.92 bits per heavy atom. The van der Waals surface area contributed by atoms with Crippen LogP contribution in [0.4, 0.5) is 0 Å². The zero-order valence-electron chi connectivity index (χ0n) is 22.9. The molecule has 0 radical (unpaired) electrons. The number of rotatable bonds is 10. The van der Waals surface area contributed by atoms with Gasteiger partial charge in [0, 0.05) is 19.3 Å². The summed E-state index contributed by atoms with van der Waals surface area (Å²) in [5.41, 5.74) is 2.24. The number of aliphatic hydroxyl groups is 1. The Morgan fingerprint density at radius 3 is 2.61 bits per heavy atom. The van der Waals surface area contributed by atoms with Gasteiger partial charge in [-0.1, -0.05) is 26.0 Å². The number of Topliss-reactive ketones (excluding diaryl/α,β-unsaturated/α-hetero) is 1. The number of benzene rings is 1. The fourth-order valence-corrected chi connectivity index (χ4v) is 4.67. The minimum Gasteiger partial charge on any atom is -0.505 e. The Balaban J connectivity index is 1.85. The summed E-state index contributed by atoms with van der Waals surface area (Å²) in [6.45, 7) is 7.43. The van der Waals surface area contributed by atoms with Crippen molar-refractivity contribution in [1.29, 1.82) is 0 Å². The smallest absolute Gasteiger partial charge is 0.295 e. The second kappa shape index (κ2) is 11.3. The van der Waals surface area contributed by atoms with Crippen molar-refractivity contribution in [3.05, 3.63) is 65.1 Å². The lowest BCUT2D eigenvalue weighted by atomic mass is 9.96. The number of ether oxygens (including phenoxy) is 2. The molecule has 0 bridgehead atoms. The highest BCUT2D eigenvalue weighted by Crippen LogP contribution is 2.42. The van der Waals surface area contributed by atoms with Crippen LogP contribution >= 0.6 is 0 Å². The number of carbonyl (C=O) groups is 2. The molecule has 1 aliphatic rings. The van der Waals surface area contributed by atoms with Gasteiger partial charge in [-0.3, -0.25) is 14.0 Å². The molecule has 9 nitrogen and oxygen atoms in total. The fraction of sp³-hybridized carbons (Fsp3) is 0.414. The molecule has 202 valence electrons. The van der Waals surface area contributed by atoms with Gasteiger partial charge in [-0.25, -0.2) is 4.98 Å². The second-order valence-electron chi connectivity index (χ2n) is 10.2. The van der Waals surface area contributed by atoms with E-state index < -0.39 is 17.7 Å². The number of ketones is 1. The van der Waals surface area contributed by atoms with Crippen molar-refractivity contribution >= 4 is 23.1 Å². The van der Waals surface area contributed by atoms with E-state index in [-0.39, 0.29) is 11.3 Å². The molecule has 0 saturated carbocycles. The van der Waals surface area contributed by atoms with E-state index >= 15 is 0 Å². The Bertz CT molecular complexity index is 1370. The summed E-state index contributed by atoms with van der Waals surface area (Å²) in [5, 5.41) is 11.6. The van der Waals surface area contributed by atoms with E-state index in [9.17, 15) is 14.7 Å². The Morgan fingerprint density at radius 1 is 1.16 bits per heavy atom. The average molecular weight is 521 g/mol. The lowest BCUT2D eigenvalue weighted by Gasteiger charge is -2.27. The summed E-state index contributed by atoms with van der Waals surface area (Å²) < 4.78 is 13.3. The molecular weight excluding hydrogens is 484 g/mol. The van der Waals surface area contributed by atoms with Gasteiger partial charge in [-0.15, -0.1) is 0 Å². The molecule has 1 fully saturated rings. The molecular formula is C29H36N4O5. The Hall–Kier alpha value is -3.85. The van der Waals surface area contributed by atoms with E-state index in [1.807, 2.05) is 43.3 Å². The average Bonchev–Trinajstić information content (AvgIpc) is 3.35. The maximum Gasteiger partial charge on any atom is 0.295 e. The van der Waals surface area contributed by atoms with Crippen LogP contribution in [0, 0.1) is 12.8 Å². The number of hydrogen-bond donors (Lipinski definition) is 1. The zero-order valence-corrected chi connectivity index (χ0v) is 22.9. The molecule has 0 aliphatic carbocycles. The zero-order chi connectivity index (χ0) is 27.6. The van der Waals surface area contributed by atoms with Gasteiger partial charge in [0.2, 0.25) is 0 Å². The molecule has 3 heterocycles. The molecule has 1 amide bonds. The number of carbonyl (C=O) groups excluding carboxylic acids is 2. The van der Waals surface area contributed by atoms with Crippen molar-refractivity contribution in [2.24, 2.45) is 5.92 Å². The minimum atomic E-state index is -0.803. The molecule has 1 aromatic carbocycles. The number of likely N-dealkylation sites (tertiary alicyclic amines) is 1. The molecule has 9 heteroatoms. The van der Waals surface area contributed by atoms with E-state index in [4.69, 9.17) is 9.47 Å². The van der Waals surface area contributed by atoms with Crippen LogP contribution in [0.2, 0.25) is 0 Å². The van der Waals surface area contributed by atoms with Crippen molar-refractivity contribution < 1.29 is 24.2 Å². The van der Waals surface area contributed by atoms with Crippen LogP contribution in [0.25, 0.3) is 11.4 Å². The lowest BCUT2D eigenvalue weighted by molar-refractivity contribution is -0.140. The van der Waals surface area contributed by atoms with Crippen LogP contribution < -0.4 is 9.47 Å². The number of fused-ring (bicyclic) bond motifs is 1. The number of aryl methyl sites for hydroxylation is 1. The standard InChI is InChI=1S/C29H36N4O5/c1-18(2)12-16-38-21-11-10-20(17-22(21)37-6)26-24(28(35)29(36)33(26)15-14-31(4)5)27(34)25-19(3)30-23-9-7-8-13-32(23)25/h7-11,13,17-18,26,34H,12,14-16H2,1-6H3/b27-24+. The molecule has 1 N–H and O–H groups in total. The van der Waals surface area contributed by atoms with Gasteiger partial charge in [0.25, 0.3) is 11.7 Å². The first-order chi connectivity index (χ1) is 18.1. The first-order valence-electron chi connectivity index (χ1n) is 12.8. The number of nitrogens with zero attached hydrogens (tertiary/aromatic N) is 4. The minimum absolute atomic E-state index is 0.0260. The number of methoxy groups -OCH3 is 1. The van der Waals surface area contributed by atoms with Crippen LogP contribution in [-0.4, -0.2) is 76.9 Å². The predicted molar refractivity (Wildman–Crippen MR) is 145 cm³/mol. The highest BCUT2D eigenvalue weighted by atomic mass is 16.5. The van der Waals surface area contributed by atoms with Gasteiger partial charge in [-0.2, -0.15) is 0 Å². The Labute approximate surface area is 223 Å². The van der Waals surface area contributed by atoms with Crippen LogP contribution in [0.1, 0.15) is 43.3 Å². The molecule has 4 rings (SSSR count). The van der Waals surface area contributed by atoms with Crippen molar-refractivity contribution in [1.82, 2.24) is 19.2 Å². The Kier molecular flexibility index (Phi) is 8.06. The van der Waals surface area contributed by atoms with Gasteiger partial charge in [0.1, 0.15) is 11.3 Å². The molecule has 1 saturated heterocycles. The third kappa shape index (κ3) is 5.24. The molecule has 2 aromatic heterocycles. The molecule has 0 spiro atoms. The van der Waals surface area contributed by atoms with E-state index in [0.717, 1.165) is 6.42 Å². The lowest BCUT2D eigenvalue weighted by Crippen LogP contribution is -2.35. The summed E-state index contributed by atoms with van der Waals surface area (Å²) >= 11 is 0. The van der Waals surface area contributed by atoms with E-state index in [2.05, 4.69) is 18.8 Å². The van der Waals surface area contributed by atoms with Crippen LogP contribution in [0.15, 0.2) is 48.2 Å². The summed E-state index contributed by atoms with van der Waals surface area (Å²) in [7, 11) is 5.36. The van der Waals surface area contributed by atoms with Crippen LogP contribution in [0.3, 0.4) is 0 Å². The number of imidazole rings is 1. The molecule has 1 unspecified atom stereocenters. The van der Waals surface area contributed by atoms with Gasteiger partial charge in [0.05, 0.1) is 31.0 Å². The summed E-state index contributed by atoms with van der Waals surface area (Å²) in [4.78, 5) is 34.7. The van der Waals surface area contributed by atoms with E-state index in [1.165, 1.54) is 4.90 Å². The quantitative estimate of drug-likeness (QED) is 0.245. The van der Waals surface area contributed by atoms with Crippen LogP contribution in [0.5, 0.6) is 11.5 Å². The van der Waals surface area contributed by atoms with Gasteiger partial charge in [0.15, 0.2) is 17.3 Å². The van der Waals surface area contributed by atoms with E-state index in [0.29, 0.717) is 59.7 Å². The number of aliphatic hydroxyl groups excluding tert-OH is 1. The van der Waals surface area contributed by atoms with Crippen LogP contribution in [-0.2, 0) is 9.59 Å². The first kappa shape index (κ1) is 27.2. The third-order valence-electron chi connectivity index (χ3n) is 6.71. The van der Waals surface area contributed by atoms with Crippen molar-refractivity contribution in [3.63, 3.8) is 0 Å². The monoisotopic (exact) mass is 520 g/mol. The predicted octanol–water partition coefficient (Wildman–Crippen LogP) is 4.06. The largest absolute Gasteiger partial charge is 0.505 e. The van der Waals surface area contributed by atoms with Gasteiger partial charge in [-0.05, 0) is 63.2 Å². The van der Waals surface area contributed by atoms with Gasteiger partial charge < -0.3 is 24.4 Å². The number of amides is 1. The van der Waals surface area contributed by atoms with E-state index in [1.54, 1.807) is 36.8 Å². The number of pyridine rings is 1. The highest BCUT2D eigenvalue weighted by molar-refractivity contribution is 6.46. The molecule has 1 aliphatic heterocycles. The number of likely N-dealkylation sites (N-methyl/N-ethyl adjacent to an activating group) is 1. The topological polar surface area (TPSA) is 96.6 Å². The SMILES string of the molecule is COc1cc(C2/C(=C(\O)c3c(C)nc4ccccn34)C(=O)C(=O)N2CCN(C)C)ccc1OCCC(C)C. The maximum absolute atomic E-state index is 13.4. The summed E-state index contributed by atoms with van der Waals surface area (Å²) in [5.74, 6) is -0.0583. The number of aromatic nitrogens is 2. The third-order valence-corrected chi connectivity index (χ3v) is 6.71. The molecule has 3 aromatic rings. The second-order valence-corrected chi connectivity index (χ2v) is 10.2. The summed E-state index contributed by atoms with van der Waals surface area (Å²) in [6.07, 6.45) is 2.67. The number of hydrogen-bond acceptors (Lipinski definition) is 7. The maximum atomic E-state index is 13.4. The van der Waals surface area contributed by atoms with Crippen molar-refractivity contribution in [2.75, 3.05) is 40.9 Å². The molecule has 38 heavy (non-hydrogen) atoms. The molecule has 1 atom stereocenters.